The quantitative estimate of drug-likeness (QED) is 0.799. The summed E-state index contributed by atoms with van der Waals surface area (Å²) in [5, 5.41) is 3.00. The van der Waals surface area contributed by atoms with Crippen molar-refractivity contribution in [2.45, 2.75) is 27.2 Å². The number of fused-ring (bicyclic) bond motifs is 1. The van der Waals surface area contributed by atoms with Crippen LogP contribution in [0.15, 0.2) is 42.6 Å². The van der Waals surface area contributed by atoms with Crippen molar-refractivity contribution in [3.8, 4) is 0 Å². The van der Waals surface area contributed by atoms with Crippen molar-refractivity contribution in [2.75, 3.05) is 5.32 Å². The van der Waals surface area contributed by atoms with Crippen LogP contribution in [0.4, 0.5) is 5.69 Å². The number of aryl methyl sites for hydroxylation is 3. The van der Waals surface area contributed by atoms with E-state index in [1.54, 1.807) is 0 Å². The summed E-state index contributed by atoms with van der Waals surface area (Å²) in [5.74, 6) is -0.121. The minimum atomic E-state index is -0.121. The van der Waals surface area contributed by atoms with Gasteiger partial charge in [-0.05, 0) is 43.5 Å². The maximum Gasteiger partial charge on any atom is 0.274 e. The molecular weight excluding hydrogens is 274 g/mol. The van der Waals surface area contributed by atoms with Gasteiger partial charge in [-0.1, -0.05) is 31.2 Å². The van der Waals surface area contributed by atoms with Crippen LogP contribution in [-0.2, 0) is 6.42 Å². The maximum atomic E-state index is 12.8. The number of nitrogens with one attached hydrogen (secondary N) is 1. The van der Waals surface area contributed by atoms with Crippen molar-refractivity contribution in [2.24, 2.45) is 0 Å². The van der Waals surface area contributed by atoms with E-state index in [4.69, 9.17) is 0 Å². The number of aromatic nitrogens is 2. The number of amides is 1. The molecule has 0 radical (unpaired) electrons. The van der Waals surface area contributed by atoms with Gasteiger partial charge in [-0.15, -0.1) is 0 Å². The van der Waals surface area contributed by atoms with Gasteiger partial charge in [0.15, 0.2) is 0 Å². The molecule has 0 aliphatic rings. The highest BCUT2D eigenvalue weighted by Crippen LogP contribution is 2.19. The Hall–Kier alpha value is -2.62. The topological polar surface area (TPSA) is 46.4 Å². The molecule has 0 bridgehead atoms. The first-order chi connectivity index (χ1) is 10.6. The fourth-order valence-corrected chi connectivity index (χ4v) is 2.58. The van der Waals surface area contributed by atoms with Gasteiger partial charge >= 0.3 is 0 Å². The predicted octanol–water partition coefficient (Wildman–Crippen LogP) is 3.77. The Morgan fingerprint density at radius 1 is 1.18 bits per heavy atom. The van der Waals surface area contributed by atoms with Gasteiger partial charge in [0.05, 0.1) is 5.69 Å². The first-order valence-corrected chi connectivity index (χ1v) is 7.44. The van der Waals surface area contributed by atoms with E-state index in [9.17, 15) is 4.79 Å². The summed E-state index contributed by atoms with van der Waals surface area (Å²) in [6, 6.07) is 11.7. The van der Waals surface area contributed by atoms with E-state index in [0.717, 1.165) is 34.6 Å². The van der Waals surface area contributed by atoms with Crippen molar-refractivity contribution in [1.82, 2.24) is 9.38 Å². The van der Waals surface area contributed by atoms with Crippen LogP contribution in [0, 0.1) is 13.8 Å². The molecule has 0 atom stereocenters. The lowest BCUT2D eigenvalue weighted by Crippen LogP contribution is -2.17. The molecule has 4 heteroatoms. The fourth-order valence-electron chi connectivity index (χ4n) is 2.58. The van der Waals surface area contributed by atoms with Crippen molar-refractivity contribution in [1.29, 1.82) is 0 Å². The second-order valence-electron chi connectivity index (χ2n) is 5.46. The van der Waals surface area contributed by atoms with E-state index in [-0.39, 0.29) is 5.91 Å². The molecule has 0 spiro atoms. The molecule has 0 fully saturated rings. The average molecular weight is 293 g/mol. The first-order valence-electron chi connectivity index (χ1n) is 7.44. The molecular formula is C18H19N3O. The van der Waals surface area contributed by atoms with Crippen LogP contribution in [0.5, 0.6) is 0 Å². The third-order valence-electron chi connectivity index (χ3n) is 3.78. The molecule has 112 valence electrons. The number of hydrogen-bond donors (Lipinski definition) is 1. The Kier molecular flexibility index (Phi) is 3.67. The molecule has 22 heavy (non-hydrogen) atoms. The molecule has 0 saturated carbocycles. The lowest BCUT2D eigenvalue weighted by Gasteiger charge is -2.09. The van der Waals surface area contributed by atoms with E-state index in [1.807, 2.05) is 67.8 Å². The van der Waals surface area contributed by atoms with Gasteiger partial charge in [0.25, 0.3) is 5.91 Å². The highest BCUT2D eigenvalue weighted by atomic mass is 16.2. The molecule has 1 aromatic carbocycles. The van der Waals surface area contributed by atoms with Crippen LogP contribution in [-0.4, -0.2) is 15.3 Å². The summed E-state index contributed by atoms with van der Waals surface area (Å²) in [7, 11) is 0. The molecule has 4 nitrogen and oxygen atoms in total. The zero-order valence-electron chi connectivity index (χ0n) is 13.1. The summed E-state index contributed by atoms with van der Waals surface area (Å²) < 4.78 is 1.88. The Morgan fingerprint density at radius 3 is 2.68 bits per heavy atom. The Morgan fingerprint density at radius 2 is 1.95 bits per heavy atom. The lowest BCUT2D eigenvalue weighted by atomic mass is 10.2. The van der Waals surface area contributed by atoms with Crippen molar-refractivity contribution >= 4 is 17.2 Å². The molecule has 2 aromatic heterocycles. The predicted molar refractivity (Wildman–Crippen MR) is 88.4 cm³/mol. The normalized spacial score (nSPS) is 10.9. The number of imidazole rings is 1. The Balaban J connectivity index is 2.06. The summed E-state index contributed by atoms with van der Waals surface area (Å²) in [6.45, 7) is 6.00. The van der Waals surface area contributed by atoms with E-state index in [0.29, 0.717) is 5.69 Å². The van der Waals surface area contributed by atoms with Crippen molar-refractivity contribution in [3.05, 3.63) is 65.1 Å². The van der Waals surface area contributed by atoms with Gasteiger partial charge in [-0.25, -0.2) is 4.98 Å². The number of carbonyl (C=O) groups is 1. The summed E-state index contributed by atoms with van der Waals surface area (Å²) >= 11 is 0. The molecule has 0 aliphatic carbocycles. The molecule has 3 aromatic rings. The highest BCUT2D eigenvalue weighted by molar-refractivity contribution is 6.04. The second-order valence-corrected chi connectivity index (χ2v) is 5.46. The van der Waals surface area contributed by atoms with Gasteiger partial charge in [0.1, 0.15) is 11.3 Å². The SMILES string of the molecule is CCc1nc2ccc(C)cn2c1C(=O)Nc1ccccc1C. The van der Waals surface area contributed by atoms with Crippen molar-refractivity contribution < 1.29 is 4.79 Å². The molecule has 2 heterocycles. The molecule has 0 saturated heterocycles. The molecule has 1 N–H and O–H groups in total. The van der Waals surface area contributed by atoms with Crippen LogP contribution in [0.2, 0.25) is 0 Å². The number of benzene rings is 1. The number of nitrogens with zero attached hydrogens (tertiary/aromatic N) is 2. The number of rotatable bonds is 3. The third-order valence-corrected chi connectivity index (χ3v) is 3.78. The van der Waals surface area contributed by atoms with Gasteiger partial charge < -0.3 is 5.32 Å². The van der Waals surface area contributed by atoms with E-state index >= 15 is 0 Å². The zero-order valence-corrected chi connectivity index (χ0v) is 13.1. The Labute approximate surface area is 129 Å². The maximum absolute atomic E-state index is 12.8. The number of pyridine rings is 1. The highest BCUT2D eigenvalue weighted by Gasteiger charge is 2.18. The van der Waals surface area contributed by atoms with E-state index in [1.165, 1.54) is 0 Å². The number of anilines is 1. The molecule has 3 rings (SSSR count). The standard InChI is InChI=1S/C18H19N3O/c1-4-14-17(21-11-12(2)9-10-16(21)19-14)18(22)20-15-8-6-5-7-13(15)3/h5-11H,4H2,1-3H3,(H,20,22). The van der Waals surface area contributed by atoms with E-state index < -0.39 is 0 Å². The largest absolute Gasteiger partial charge is 0.320 e. The van der Waals surface area contributed by atoms with Gasteiger partial charge in [-0.3, -0.25) is 9.20 Å². The van der Waals surface area contributed by atoms with Crippen LogP contribution in [0.1, 0.15) is 34.2 Å². The first kappa shape index (κ1) is 14.3. The van der Waals surface area contributed by atoms with Gasteiger partial charge in [-0.2, -0.15) is 0 Å². The zero-order chi connectivity index (χ0) is 15.7. The van der Waals surface area contributed by atoms with Crippen molar-refractivity contribution in [3.63, 3.8) is 0 Å². The Bertz CT molecular complexity index is 849. The summed E-state index contributed by atoms with van der Waals surface area (Å²) in [4.78, 5) is 17.3. The molecule has 0 aliphatic heterocycles. The van der Waals surface area contributed by atoms with Crippen LogP contribution in [0.25, 0.3) is 5.65 Å². The van der Waals surface area contributed by atoms with Gasteiger partial charge in [0, 0.05) is 11.9 Å². The number of hydrogen-bond acceptors (Lipinski definition) is 2. The summed E-state index contributed by atoms with van der Waals surface area (Å²) in [6.07, 6.45) is 2.67. The minimum Gasteiger partial charge on any atom is -0.320 e. The van der Waals surface area contributed by atoms with Crippen LogP contribution in [0.3, 0.4) is 0 Å². The second kappa shape index (κ2) is 5.64. The van der Waals surface area contributed by atoms with Crippen LogP contribution < -0.4 is 5.32 Å². The molecule has 1 amide bonds. The third kappa shape index (κ3) is 2.48. The van der Waals surface area contributed by atoms with Crippen LogP contribution >= 0.6 is 0 Å². The van der Waals surface area contributed by atoms with Gasteiger partial charge in [0.2, 0.25) is 0 Å². The smallest absolute Gasteiger partial charge is 0.274 e. The fraction of sp³-hybridized carbons (Fsp3) is 0.222. The molecule has 0 unspecified atom stereocenters. The van der Waals surface area contributed by atoms with E-state index in [2.05, 4.69) is 10.3 Å². The number of para-hydroxylation sites is 1. The summed E-state index contributed by atoms with van der Waals surface area (Å²) in [5.41, 5.74) is 5.20. The monoisotopic (exact) mass is 293 g/mol. The minimum absolute atomic E-state index is 0.121. The lowest BCUT2D eigenvalue weighted by molar-refractivity contribution is 0.102. The number of carbonyl (C=O) groups excluding carboxylic acids is 1. The average Bonchev–Trinajstić information content (AvgIpc) is 2.87.